The number of aryl methyl sites for hydroxylation is 3. The number of para-hydroxylation sites is 1. The first-order valence-corrected chi connectivity index (χ1v) is 13.8. The molecule has 0 amide bonds. The van der Waals surface area contributed by atoms with Crippen LogP contribution in [0.2, 0.25) is 0 Å². The largest absolute Gasteiger partial charge is 0.487 e. The number of hydrogen-bond donors (Lipinski definition) is 3. The van der Waals surface area contributed by atoms with Crippen molar-refractivity contribution in [2.24, 2.45) is 0 Å². The van der Waals surface area contributed by atoms with Gasteiger partial charge in [0, 0.05) is 19.3 Å². The second-order valence-electron chi connectivity index (χ2n) is 9.44. The lowest BCUT2D eigenvalue weighted by Crippen LogP contribution is -2.33. The van der Waals surface area contributed by atoms with E-state index in [1.165, 1.54) is 0 Å². The Kier molecular flexibility index (Phi) is 8.04. The molecular formula is C27H35N3O5S. The molecule has 2 aromatic carbocycles. The van der Waals surface area contributed by atoms with Crippen molar-refractivity contribution in [1.29, 1.82) is 0 Å². The molecule has 0 saturated carbocycles. The molecule has 0 radical (unpaired) electrons. The number of ether oxygens (including phenoxy) is 1. The van der Waals surface area contributed by atoms with Gasteiger partial charge in [-0.05, 0) is 73.9 Å². The molecule has 0 spiro atoms. The molecule has 3 N–H and O–H groups in total. The Morgan fingerprint density at radius 1 is 1.25 bits per heavy atom. The van der Waals surface area contributed by atoms with Crippen molar-refractivity contribution < 1.29 is 23.7 Å². The highest BCUT2D eigenvalue weighted by Gasteiger charge is 2.34. The van der Waals surface area contributed by atoms with Gasteiger partial charge in [0.25, 0.3) is 0 Å². The third kappa shape index (κ3) is 5.92. The van der Waals surface area contributed by atoms with Crippen LogP contribution in [0.1, 0.15) is 54.9 Å². The molecule has 194 valence electrons. The zero-order chi connectivity index (χ0) is 25.9. The molecule has 2 atom stereocenters. The highest BCUT2D eigenvalue weighted by molar-refractivity contribution is 8.22. The van der Waals surface area contributed by atoms with E-state index in [4.69, 9.17) is 4.74 Å². The van der Waals surface area contributed by atoms with E-state index in [9.17, 15) is 19.0 Å². The number of nitrogens with zero attached hydrogens (tertiary/aromatic N) is 3. The van der Waals surface area contributed by atoms with Crippen LogP contribution in [-0.2, 0) is 24.3 Å². The molecule has 1 aromatic heterocycles. The van der Waals surface area contributed by atoms with Gasteiger partial charge in [0.2, 0.25) is 0 Å². The van der Waals surface area contributed by atoms with Gasteiger partial charge >= 0.3 is 5.97 Å². The van der Waals surface area contributed by atoms with Crippen LogP contribution in [0, 0.1) is 6.92 Å². The molecule has 36 heavy (non-hydrogen) atoms. The maximum absolute atomic E-state index is 11.7. The van der Waals surface area contributed by atoms with Crippen LogP contribution in [0.5, 0.6) is 5.75 Å². The Labute approximate surface area is 214 Å². The Balaban J connectivity index is 1.59. The summed E-state index contributed by atoms with van der Waals surface area (Å²) in [7, 11) is -3.26. The quantitative estimate of drug-likeness (QED) is 0.336. The van der Waals surface area contributed by atoms with E-state index >= 15 is 0 Å². The van der Waals surface area contributed by atoms with Crippen LogP contribution in [0.15, 0.2) is 59.8 Å². The van der Waals surface area contributed by atoms with Gasteiger partial charge in [-0.15, -0.1) is 10.8 Å². The highest BCUT2D eigenvalue weighted by atomic mass is 32.3. The first-order chi connectivity index (χ1) is 17.2. The van der Waals surface area contributed by atoms with E-state index in [0.29, 0.717) is 30.2 Å². The minimum absolute atomic E-state index is 0.0293. The SMILES string of the molecule is CCn1cc(CCC(CC(=O)O)c2ccc(C)c(CN3CC(C)Oc4ccccc4S3(O)O)c2)cn1. The number of hydrogen-bond acceptors (Lipinski definition) is 6. The summed E-state index contributed by atoms with van der Waals surface area (Å²) in [5.41, 5.74) is 3.98. The molecule has 2 heterocycles. The van der Waals surface area contributed by atoms with Gasteiger partial charge in [0.05, 0.1) is 19.2 Å². The van der Waals surface area contributed by atoms with Crippen molar-refractivity contribution in [3.05, 3.63) is 77.1 Å². The van der Waals surface area contributed by atoms with Gasteiger partial charge in [0.15, 0.2) is 0 Å². The molecule has 0 fully saturated rings. The van der Waals surface area contributed by atoms with Crippen LogP contribution in [-0.4, -0.2) is 46.9 Å². The lowest BCUT2D eigenvalue weighted by atomic mass is 9.88. The number of carboxylic acid groups (broad SMARTS) is 1. The summed E-state index contributed by atoms with van der Waals surface area (Å²) in [6, 6.07) is 13.1. The first-order valence-electron chi connectivity index (χ1n) is 12.3. The molecule has 4 rings (SSSR count). The Morgan fingerprint density at radius 2 is 2.03 bits per heavy atom. The van der Waals surface area contributed by atoms with Gasteiger partial charge in [-0.3, -0.25) is 18.6 Å². The average Bonchev–Trinajstić information content (AvgIpc) is 3.27. The summed E-state index contributed by atoms with van der Waals surface area (Å²) < 4.78 is 32.0. The van der Waals surface area contributed by atoms with Crippen molar-refractivity contribution >= 4 is 16.7 Å². The molecule has 1 aliphatic rings. The van der Waals surface area contributed by atoms with E-state index < -0.39 is 16.7 Å². The molecule has 1 aliphatic heterocycles. The number of fused-ring (bicyclic) bond motifs is 1. The fourth-order valence-corrected chi connectivity index (χ4v) is 6.33. The van der Waals surface area contributed by atoms with Gasteiger partial charge in [0.1, 0.15) is 16.7 Å². The highest BCUT2D eigenvalue weighted by Crippen LogP contribution is 2.57. The van der Waals surface area contributed by atoms with Gasteiger partial charge in [-0.2, -0.15) is 9.40 Å². The second-order valence-corrected chi connectivity index (χ2v) is 11.4. The van der Waals surface area contributed by atoms with E-state index in [0.717, 1.165) is 35.2 Å². The zero-order valence-corrected chi connectivity index (χ0v) is 21.8. The third-order valence-corrected chi connectivity index (χ3v) is 8.62. The number of carbonyl (C=O) groups is 1. The molecule has 0 bridgehead atoms. The smallest absolute Gasteiger partial charge is 0.303 e. The second kappa shape index (κ2) is 11.0. The minimum atomic E-state index is -3.26. The van der Waals surface area contributed by atoms with Crippen LogP contribution in [0.3, 0.4) is 0 Å². The monoisotopic (exact) mass is 513 g/mol. The Hall–Kier alpha value is -2.85. The summed E-state index contributed by atoms with van der Waals surface area (Å²) in [6.45, 7) is 7.39. The van der Waals surface area contributed by atoms with Crippen molar-refractivity contribution in [3.63, 3.8) is 0 Å². The third-order valence-electron chi connectivity index (χ3n) is 6.70. The molecule has 2 unspecified atom stereocenters. The number of aromatic nitrogens is 2. The van der Waals surface area contributed by atoms with Crippen molar-refractivity contribution in [2.75, 3.05) is 6.54 Å². The standard InChI is InChI=1S/C27H35N3O5S/c1-4-29-17-21(15-28-29)10-12-23(14-27(31)32)22-11-9-19(2)24(13-22)18-30-16-20(3)35-25-7-5-6-8-26(25)36(30,33)34/h5-9,11,13,15,17,20,23,33-34H,4,10,12,14,16,18H2,1-3H3,(H,31,32). The summed E-state index contributed by atoms with van der Waals surface area (Å²) in [6.07, 6.45) is 5.06. The molecule has 3 aromatic rings. The first kappa shape index (κ1) is 26.2. The fourth-order valence-electron chi connectivity index (χ4n) is 4.66. The van der Waals surface area contributed by atoms with Crippen LogP contribution < -0.4 is 4.74 Å². The average molecular weight is 514 g/mol. The normalized spacial score (nSPS) is 19.1. The van der Waals surface area contributed by atoms with Crippen molar-refractivity contribution in [1.82, 2.24) is 14.1 Å². The number of benzene rings is 2. The topological polar surface area (TPSA) is 108 Å². The number of rotatable bonds is 9. The molecule has 0 aliphatic carbocycles. The predicted molar refractivity (Wildman–Crippen MR) is 140 cm³/mol. The number of carboxylic acids is 1. The van der Waals surface area contributed by atoms with Crippen molar-refractivity contribution in [3.8, 4) is 5.75 Å². The molecule has 0 saturated heterocycles. The minimum Gasteiger partial charge on any atom is -0.487 e. The fraction of sp³-hybridized carbons (Fsp3) is 0.407. The summed E-state index contributed by atoms with van der Waals surface area (Å²) in [5.74, 6) is -0.513. The van der Waals surface area contributed by atoms with Crippen LogP contribution in [0.4, 0.5) is 0 Å². The lowest BCUT2D eigenvalue weighted by Gasteiger charge is -2.42. The Bertz CT molecular complexity index is 1210. The summed E-state index contributed by atoms with van der Waals surface area (Å²) in [4.78, 5) is 12.1. The van der Waals surface area contributed by atoms with Crippen LogP contribution in [0.25, 0.3) is 0 Å². The van der Waals surface area contributed by atoms with E-state index in [2.05, 4.69) is 5.10 Å². The lowest BCUT2D eigenvalue weighted by molar-refractivity contribution is -0.137. The van der Waals surface area contributed by atoms with Crippen LogP contribution >= 0.6 is 10.8 Å². The van der Waals surface area contributed by atoms with E-state index in [1.54, 1.807) is 22.5 Å². The molecule has 9 heteroatoms. The maximum atomic E-state index is 11.7. The van der Waals surface area contributed by atoms with E-state index in [1.807, 2.05) is 62.1 Å². The maximum Gasteiger partial charge on any atom is 0.303 e. The molecular weight excluding hydrogens is 478 g/mol. The number of aliphatic carboxylic acids is 1. The van der Waals surface area contributed by atoms with Gasteiger partial charge in [-0.1, -0.05) is 30.3 Å². The predicted octanol–water partition coefficient (Wildman–Crippen LogP) is 5.71. The van der Waals surface area contributed by atoms with Gasteiger partial charge < -0.3 is 9.84 Å². The summed E-state index contributed by atoms with van der Waals surface area (Å²) >= 11 is 0. The van der Waals surface area contributed by atoms with E-state index in [-0.39, 0.29) is 18.4 Å². The molecule has 8 nitrogen and oxygen atoms in total. The zero-order valence-electron chi connectivity index (χ0n) is 21.0. The Morgan fingerprint density at radius 3 is 2.75 bits per heavy atom. The summed E-state index contributed by atoms with van der Waals surface area (Å²) in [5, 5.41) is 13.9. The van der Waals surface area contributed by atoms with Gasteiger partial charge in [-0.25, -0.2) is 0 Å². The van der Waals surface area contributed by atoms with Crippen molar-refractivity contribution in [2.45, 2.75) is 70.0 Å².